The van der Waals surface area contributed by atoms with Gasteiger partial charge in [-0.2, -0.15) is 0 Å². The number of fused-ring (bicyclic) bond motifs is 2. The van der Waals surface area contributed by atoms with Crippen molar-refractivity contribution >= 4 is 5.82 Å². The summed E-state index contributed by atoms with van der Waals surface area (Å²) >= 11 is 0. The van der Waals surface area contributed by atoms with Crippen LogP contribution >= 0.6 is 0 Å². The van der Waals surface area contributed by atoms with Crippen LogP contribution in [0.1, 0.15) is 37.2 Å². The summed E-state index contributed by atoms with van der Waals surface area (Å²) in [5.74, 6) is 4.75. The van der Waals surface area contributed by atoms with E-state index in [1.165, 1.54) is 25.7 Å². The zero-order valence-electron chi connectivity index (χ0n) is 10.7. The van der Waals surface area contributed by atoms with Gasteiger partial charge in [-0.15, -0.1) is 0 Å². The van der Waals surface area contributed by atoms with Crippen LogP contribution in [0.5, 0.6) is 0 Å². The van der Waals surface area contributed by atoms with E-state index < -0.39 is 0 Å². The minimum Gasteiger partial charge on any atom is -0.370 e. The fraction of sp³-hybridized carbons (Fsp3) is 0.714. The molecule has 0 spiro atoms. The van der Waals surface area contributed by atoms with Crippen molar-refractivity contribution < 1.29 is 0 Å². The van der Waals surface area contributed by atoms with E-state index in [4.69, 9.17) is 0 Å². The van der Waals surface area contributed by atoms with Gasteiger partial charge in [0.2, 0.25) is 0 Å². The van der Waals surface area contributed by atoms with Gasteiger partial charge in [0.15, 0.2) is 0 Å². The molecule has 1 heterocycles. The van der Waals surface area contributed by atoms with Crippen LogP contribution in [-0.4, -0.2) is 16.5 Å². The molecule has 2 saturated carbocycles. The van der Waals surface area contributed by atoms with E-state index in [1.54, 1.807) is 0 Å². The third-order valence-corrected chi connectivity index (χ3v) is 4.40. The molecule has 1 aromatic rings. The van der Waals surface area contributed by atoms with Gasteiger partial charge in [0, 0.05) is 18.3 Å². The molecule has 17 heavy (non-hydrogen) atoms. The molecule has 2 bridgehead atoms. The summed E-state index contributed by atoms with van der Waals surface area (Å²) < 4.78 is 0. The summed E-state index contributed by atoms with van der Waals surface area (Å²) in [6, 6.07) is 2.04. The summed E-state index contributed by atoms with van der Waals surface area (Å²) in [6.07, 6.45) is 5.85. The summed E-state index contributed by atoms with van der Waals surface area (Å²) in [6.45, 7) is 5.07. The first kappa shape index (κ1) is 11.0. The molecule has 1 N–H and O–H groups in total. The number of anilines is 1. The summed E-state index contributed by atoms with van der Waals surface area (Å²) in [5, 5.41) is 3.50. The molecule has 0 saturated heterocycles. The Kier molecular flexibility index (Phi) is 2.77. The second kappa shape index (κ2) is 4.28. The van der Waals surface area contributed by atoms with Crippen LogP contribution in [0.2, 0.25) is 0 Å². The maximum atomic E-state index is 4.43. The number of hydrogen-bond acceptors (Lipinski definition) is 3. The maximum absolute atomic E-state index is 4.43. The van der Waals surface area contributed by atoms with Crippen molar-refractivity contribution in [1.82, 2.24) is 9.97 Å². The summed E-state index contributed by atoms with van der Waals surface area (Å²) in [4.78, 5) is 8.74. The fourth-order valence-electron chi connectivity index (χ4n) is 3.67. The van der Waals surface area contributed by atoms with Crippen molar-refractivity contribution in [3.05, 3.63) is 17.6 Å². The second-order valence-corrected chi connectivity index (χ2v) is 5.76. The maximum Gasteiger partial charge on any atom is 0.129 e. The quantitative estimate of drug-likeness (QED) is 0.869. The molecule has 0 radical (unpaired) electrons. The van der Waals surface area contributed by atoms with E-state index in [2.05, 4.69) is 15.3 Å². The Hall–Kier alpha value is -1.12. The van der Waals surface area contributed by atoms with E-state index >= 15 is 0 Å². The highest BCUT2D eigenvalue weighted by Gasteiger charge is 2.39. The predicted octanol–water partition coefficient (Wildman–Crippen LogP) is 2.94. The van der Waals surface area contributed by atoms with Gasteiger partial charge in [-0.25, -0.2) is 9.97 Å². The van der Waals surface area contributed by atoms with E-state index in [0.717, 1.165) is 41.6 Å². The van der Waals surface area contributed by atoms with Crippen LogP contribution in [0.15, 0.2) is 6.07 Å². The summed E-state index contributed by atoms with van der Waals surface area (Å²) in [5.41, 5.74) is 1.05. The van der Waals surface area contributed by atoms with Crippen molar-refractivity contribution in [2.24, 2.45) is 17.8 Å². The lowest BCUT2D eigenvalue weighted by Crippen LogP contribution is -2.20. The average Bonchev–Trinajstić information content (AvgIpc) is 2.86. The Morgan fingerprint density at radius 1 is 1.24 bits per heavy atom. The monoisotopic (exact) mass is 231 g/mol. The lowest BCUT2D eigenvalue weighted by atomic mass is 9.89. The number of aromatic nitrogens is 2. The molecule has 2 aliphatic carbocycles. The first-order chi connectivity index (χ1) is 8.20. The van der Waals surface area contributed by atoms with E-state index in [1.807, 2.05) is 19.9 Å². The smallest absolute Gasteiger partial charge is 0.129 e. The lowest BCUT2D eigenvalue weighted by molar-refractivity contribution is 0.348. The highest BCUT2D eigenvalue weighted by Crippen LogP contribution is 2.48. The molecule has 3 atom stereocenters. The second-order valence-electron chi connectivity index (χ2n) is 5.76. The zero-order chi connectivity index (χ0) is 11.8. The topological polar surface area (TPSA) is 37.8 Å². The molecule has 3 heteroatoms. The van der Waals surface area contributed by atoms with Crippen molar-refractivity contribution in [1.29, 1.82) is 0 Å². The molecule has 3 unspecified atom stereocenters. The predicted molar refractivity (Wildman–Crippen MR) is 68.9 cm³/mol. The van der Waals surface area contributed by atoms with Gasteiger partial charge in [-0.1, -0.05) is 6.42 Å². The highest BCUT2D eigenvalue weighted by atomic mass is 15.0. The Labute approximate surface area is 103 Å². The fourth-order valence-corrected chi connectivity index (χ4v) is 3.67. The Morgan fingerprint density at radius 2 is 2.12 bits per heavy atom. The van der Waals surface area contributed by atoms with E-state index in [-0.39, 0.29) is 0 Å². The molecule has 3 nitrogen and oxygen atoms in total. The molecule has 0 amide bonds. The van der Waals surface area contributed by atoms with E-state index in [9.17, 15) is 0 Å². The standard InChI is InChI=1S/C14H21N3/c1-9-5-14(17-10(2)16-9)15-8-13-7-11-3-4-12(13)6-11/h5,11-13H,3-4,6-8H2,1-2H3,(H,15,16,17). The number of rotatable bonds is 3. The van der Waals surface area contributed by atoms with Gasteiger partial charge < -0.3 is 5.32 Å². The number of hydrogen-bond donors (Lipinski definition) is 1. The lowest BCUT2D eigenvalue weighted by Gasteiger charge is -2.22. The third-order valence-electron chi connectivity index (χ3n) is 4.40. The zero-order valence-corrected chi connectivity index (χ0v) is 10.7. The van der Waals surface area contributed by atoms with Crippen molar-refractivity contribution in [2.45, 2.75) is 39.5 Å². The van der Waals surface area contributed by atoms with Crippen molar-refractivity contribution in [2.75, 3.05) is 11.9 Å². The minimum atomic E-state index is 0.862. The van der Waals surface area contributed by atoms with Crippen LogP contribution in [0.25, 0.3) is 0 Å². The van der Waals surface area contributed by atoms with Crippen LogP contribution in [0.4, 0.5) is 5.82 Å². The van der Waals surface area contributed by atoms with E-state index in [0.29, 0.717) is 0 Å². The minimum absolute atomic E-state index is 0.862. The first-order valence-electron chi connectivity index (χ1n) is 6.77. The molecule has 1 aromatic heterocycles. The molecule has 0 aliphatic heterocycles. The van der Waals surface area contributed by atoms with Crippen LogP contribution < -0.4 is 5.32 Å². The number of aryl methyl sites for hydroxylation is 2. The molecule has 2 fully saturated rings. The third kappa shape index (κ3) is 2.28. The Balaban J connectivity index is 1.60. The summed E-state index contributed by atoms with van der Waals surface area (Å²) in [7, 11) is 0. The molecule has 92 valence electrons. The largest absolute Gasteiger partial charge is 0.370 e. The average molecular weight is 231 g/mol. The first-order valence-corrected chi connectivity index (χ1v) is 6.77. The van der Waals surface area contributed by atoms with Crippen LogP contribution in [0.3, 0.4) is 0 Å². The molecular weight excluding hydrogens is 210 g/mol. The number of nitrogens with zero attached hydrogens (tertiary/aromatic N) is 2. The van der Waals surface area contributed by atoms with Gasteiger partial charge in [-0.3, -0.25) is 0 Å². The van der Waals surface area contributed by atoms with Crippen molar-refractivity contribution in [3.8, 4) is 0 Å². The number of nitrogens with one attached hydrogen (secondary N) is 1. The van der Waals surface area contributed by atoms with Gasteiger partial charge in [0.25, 0.3) is 0 Å². The van der Waals surface area contributed by atoms with Gasteiger partial charge >= 0.3 is 0 Å². The molecule has 2 aliphatic rings. The van der Waals surface area contributed by atoms with Gasteiger partial charge in [-0.05, 0) is 50.9 Å². The Morgan fingerprint density at radius 3 is 2.76 bits per heavy atom. The van der Waals surface area contributed by atoms with Crippen molar-refractivity contribution in [3.63, 3.8) is 0 Å². The molecule has 0 aromatic carbocycles. The SMILES string of the molecule is Cc1cc(NCC2CC3CCC2C3)nc(C)n1. The van der Waals surface area contributed by atoms with Gasteiger partial charge in [0.1, 0.15) is 11.6 Å². The molecule has 3 rings (SSSR count). The normalized spacial score (nSPS) is 30.8. The van der Waals surface area contributed by atoms with Gasteiger partial charge in [0.05, 0.1) is 0 Å². The Bertz CT molecular complexity index is 396. The molecular formula is C14H21N3. The van der Waals surface area contributed by atoms with Crippen LogP contribution in [-0.2, 0) is 0 Å². The van der Waals surface area contributed by atoms with Crippen LogP contribution in [0, 0.1) is 31.6 Å². The highest BCUT2D eigenvalue weighted by molar-refractivity contribution is 5.35.